The molecule has 3 heterocycles. The predicted octanol–water partition coefficient (Wildman–Crippen LogP) is 19.9. The van der Waals surface area contributed by atoms with Crippen molar-refractivity contribution in [2.24, 2.45) is 0 Å². The molecule has 0 fully saturated rings. The van der Waals surface area contributed by atoms with Gasteiger partial charge in [0.15, 0.2) is 0 Å². The maximum atomic E-state index is 5.29. The second-order valence-electron chi connectivity index (χ2n) is 19.5. The van der Waals surface area contributed by atoms with Crippen LogP contribution in [0.3, 0.4) is 0 Å². The van der Waals surface area contributed by atoms with Gasteiger partial charge in [-0.25, -0.2) is 0 Å². The summed E-state index contributed by atoms with van der Waals surface area (Å²) in [6, 6.07) is 104. The standard InChI is InChI=1S/C75H51N3/c1-5-20-52(21-6-1)53-36-38-54(39-37-53)58-28-19-29-59(44-58)75-48-71(55-22-7-2-8-23-55)72(51-78-75)70-35-18-17-34-69(70)64-46-62(67-32-15-13-30-65(67)60-40-42-73(76-49-60)56-24-9-3-10-25-56)45-63(47-64)68-33-16-14-31-66(68)61-41-43-74(77-50-61)57-26-11-4-12-27-57/h1-51H. The Bertz CT molecular complexity index is 4050. The summed E-state index contributed by atoms with van der Waals surface area (Å²) in [5.41, 5.74) is 26.0. The Hall–Kier alpha value is -10.4. The lowest BCUT2D eigenvalue weighted by Gasteiger charge is -2.19. The zero-order chi connectivity index (χ0) is 52.0. The second-order valence-corrected chi connectivity index (χ2v) is 19.5. The van der Waals surface area contributed by atoms with E-state index in [9.17, 15) is 0 Å². The average molecular weight is 994 g/mol. The largest absolute Gasteiger partial charge is 0.256 e. The summed E-state index contributed by atoms with van der Waals surface area (Å²) >= 11 is 0. The quantitative estimate of drug-likeness (QED) is 0.122. The minimum Gasteiger partial charge on any atom is -0.256 e. The fourth-order valence-corrected chi connectivity index (χ4v) is 10.7. The molecule has 10 aromatic carbocycles. The van der Waals surface area contributed by atoms with Crippen molar-refractivity contribution in [3.63, 3.8) is 0 Å². The zero-order valence-electron chi connectivity index (χ0n) is 42.8. The van der Waals surface area contributed by atoms with E-state index in [-0.39, 0.29) is 0 Å². The molecule has 0 saturated carbocycles. The van der Waals surface area contributed by atoms with E-state index in [0.717, 1.165) is 123 Å². The molecule has 0 unspecified atom stereocenters. The van der Waals surface area contributed by atoms with Crippen molar-refractivity contribution in [3.05, 3.63) is 310 Å². The molecule has 78 heavy (non-hydrogen) atoms. The molecule has 0 bridgehead atoms. The van der Waals surface area contributed by atoms with Gasteiger partial charge in [-0.3, -0.25) is 15.0 Å². The third-order valence-corrected chi connectivity index (χ3v) is 14.7. The Morgan fingerprint density at radius 1 is 0.141 bits per heavy atom. The fraction of sp³-hybridized carbons (Fsp3) is 0. The van der Waals surface area contributed by atoms with Gasteiger partial charge in [0.2, 0.25) is 0 Å². The Labute approximate surface area is 456 Å². The van der Waals surface area contributed by atoms with E-state index >= 15 is 0 Å². The average Bonchev–Trinajstić information content (AvgIpc) is 3.54. The molecule has 0 aliphatic carbocycles. The van der Waals surface area contributed by atoms with Crippen LogP contribution in [0.25, 0.3) is 134 Å². The van der Waals surface area contributed by atoms with E-state index in [1.807, 2.05) is 24.5 Å². The van der Waals surface area contributed by atoms with Gasteiger partial charge in [-0.1, -0.05) is 249 Å². The topological polar surface area (TPSA) is 38.7 Å². The lowest BCUT2D eigenvalue weighted by molar-refractivity contribution is 1.32. The smallest absolute Gasteiger partial charge is 0.0708 e. The zero-order valence-corrected chi connectivity index (χ0v) is 42.8. The minimum atomic E-state index is 0.910. The van der Waals surface area contributed by atoms with Crippen molar-refractivity contribution < 1.29 is 0 Å². The van der Waals surface area contributed by atoms with E-state index in [1.165, 1.54) is 11.1 Å². The van der Waals surface area contributed by atoms with Gasteiger partial charge in [0, 0.05) is 52.0 Å². The van der Waals surface area contributed by atoms with Gasteiger partial charge in [-0.2, -0.15) is 0 Å². The first kappa shape index (κ1) is 47.4. The van der Waals surface area contributed by atoms with E-state index in [2.05, 4.69) is 285 Å². The van der Waals surface area contributed by atoms with Crippen LogP contribution in [0, 0.1) is 0 Å². The van der Waals surface area contributed by atoms with E-state index in [4.69, 9.17) is 15.0 Å². The van der Waals surface area contributed by atoms with Gasteiger partial charge in [0.25, 0.3) is 0 Å². The fourth-order valence-electron chi connectivity index (χ4n) is 10.7. The van der Waals surface area contributed by atoms with Crippen LogP contribution in [0.4, 0.5) is 0 Å². The number of benzene rings is 10. The molecule has 0 amide bonds. The summed E-state index contributed by atoms with van der Waals surface area (Å²) in [6.07, 6.45) is 6.08. The summed E-state index contributed by atoms with van der Waals surface area (Å²) in [6.45, 7) is 0. The molecule has 13 aromatic rings. The SMILES string of the molecule is c1ccc(-c2ccc(-c3cccc(-c4cc(-c5ccccc5)c(-c5ccccc5-c5cc(-c6ccccc6-c6ccc(-c7ccccc7)nc6)cc(-c6ccccc6-c6ccc(-c7ccccc7)nc6)c5)cn4)c3)cc2)cc1. The molecule has 0 spiro atoms. The summed E-state index contributed by atoms with van der Waals surface area (Å²) in [7, 11) is 0. The maximum absolute atomic E-state index is 5.29. The summed E-state index contributed by atoms with van der Waals surface area (Å²) in [5.74, 6) is 0. The highest BCUT2D eigenvalue weighted by molar-refractivity contribution is 5.97. The Balaban J connectivity index is 0.944. The third kappa shape index (κ3) is 9.76. The first-order chi connectivity index (χ1) is 38.7. The molecule has 3 aromatic heterocycles. The minimum absolute atomic E-state index is 0.910. The maximum Gasteiger partial charge on any atom is 0.0708 e. The molecule has 3 heteroatoms. The number of hydrogen-bond acceptors (Lipinski definition) is 3. The molecule has 0 aliphatic rings. The molecule has 0 atom stereocenters. The van der Waals surface area contributed by atoms with Gasteiger partial charge < -0.3 is 0 Å². The van der Waals surface area contributed by atoms with Crippen LogP contribution >= 0.6 is 0 Å². The highest BCUT2D eigenvalue weighted by Crippen LogP contribution is 2.45. The molecule has 13 rings (SSSR count). The van der Waals surface area contributed by atoms with Crippen LogP contribution in [-0.4, -0.2) is 15.0 Å². The summed E-state index contributed by atoms with van der Waals surface area (Å²) in [5, 5.41) is 0. The van der Waals surface area contributed by atoms with Crippen LogP contribution in [0.15, 0.2) is 310 Å². The van der Waals surface area contributed by atoms with Crippen LogP contribution in [0.5, 0.6) is 0 Å². The normalized spacial score (nSPS) is 11.1. The number of nitrogens with zero attached hydrogens (tertiary/aromatic N) is 3. The molecule has 0 N–H and O–H groups in total. The molecule has 3 nitrogen and oxygen atoms in total. The van der Waals surface area contributed by atoms with Gasteiger partial charge in [-0.15, -0.1) is 0 Å². The van der Waals surface area contributed by atoms with Crippen molar-refractivity contribution in [1.29, 1.82) is 0 Å². The van der Waals surface area contributed by atoms with Gasteiger partial charge >= 0.3 is 0 Å². The molecule has 366 valence electrons. The van der Waals surface area contributed by atoms with Crippen molar-refractivity contribution >= 4 is 0 Å². The monoisotopic (exact) mass is 993 g/mol. The van der Waals surface area contributed by atoms with Crippen molar-refractivity contribution in [2.45, 2.75) is 0 Å². The van der Waals surface area contributed by atoms with E-state index in [0.29, 0.717) is 0 Å². The Morgan fingerprint density at radius 3 is 0.923 bits per heavy atom. The molecule has 0 aliphatic heterocycles. The first-order valence-corrected chi connectivity index (χ1v) is 26.5. The lowest BCUT2D eigenvalue weighted by atomic mass is 9.85. The Kier molecular flexibility index (Phi) is 13.0. The van der Waals surface area contributed by atoms with Gasteiger partial charge in [-0.05, 0) is 126 Å². The molecular weight excluding hydrogens is 943 g/mol. The number of hydrogen-bond donors (Lipinski definition) is 0. The van der Waals surface area contributed by atoms with Crippen LogP contribution in [0.2, 0.25) is 0 Å². The van der Waals surface area contributed by atoms with Gasteiger partial charge in [0.05, 0.1) is 17.1 Å². The van der Waals surface area contributed by atoms with Crippen LogP contribution in [-0.2, 0) is 0 Å². The number of aromatic nitrogens is 3. The molecular formula is C75H51N3. The third-order valence-electron chi connectivity index (χ3n) is 14.7. The van der Waals surface area contributed by atoms with Crippen LogP contribution < -0.4 is 0 Å². The first-order valence-electron chi connectivity index (χ1n) is 26.5. The highest BCUT2D eigenvalue weighted by Gasteiger charge is 2.19. The summed E-state index contributed by atoms with van der Waals surface area (Å²) < 4.78 is 0. The Morgan fingerprint density at radius 2 is 0.462 bits per heavy atom. The number of pyridine rings is 3. The van der Waals surface area contributed by atoms with Crippen LogP contribution in [0.1, 0.15) is 0 Å². The molecule has 0 saturated heterocycles. The predicted molar refractivity (Wildman–Crippen MR) is 325 cm³/mol. The molecule has 0 radical (unpaired) electrons. The second kappa shape index (κ2) is 21.5. The van der Waals surface area contributed by atoms with Crippen molar-refractivity contribution in [1.82, 2.24) is 15.0 Å². The van der Waals surface area contributed by atoms with Crippen molar-refractivity contribution in [3.8, 4) is 134 Å². The highest BCUT2D eigenvalue weighted by atomic mass is 14.7. The van der Waals surface area contributed by atoms with E-state index in [1.54, 1.807) is 0 Å². The van der Waals surface area contributed by atoms with Crippen molar-refractivity contribution in [2.75, 3.05) is 0 Å². The van der Waals surface area contributed by atoms with Gasteiger partial charge in [0.1, 0.15) is 0 Å². The summed E-state index contributed by atoms with van der Waals surface area (Å²) in [4.78, 5) is 15.3. The number of rotatable bonds is 12. The lowest BCUT2D eigenvalue weighted by Crippen LogP contribution is -1.95. The van der Waals surface area contributed by atoms with E-state index < -0.39 is 0 Å².